The number of hydrogen-bond donors (Lipinski definition) is 4. The summed E-state index contributed by atoms with van der Waals surface area (Å²) in [5, 5.41) is 33.1. The quantitative estimate of drug-likeness (QED) is 0.231. The first-order valence-electron chi connectivity index (χ1n) is 15.8. The Morgan fingerprint density at radius 3 is 2.02 bits per heavy atom. The normalized spacial score (nSPS) is 21.8. The number of cyclic esters (lactones) is 2. The number of benzene rings is 3. The van der Waals surface area contributed by atoms with Gasteiger partial charge in [0.2, 0.25) is 0 Å². The molecule has 4 unspecified atom stereocenters. The van der Waals surface area contributed by atoms with E-state index in [4.69, 9.17) is 15.2 Å². The molecule has 0 spiro atoms. The second-order valence-corrected chi connectivity index (χ2v) is 12.5. The minimum Gasteiger partial charge on any atom is -0.480 e. The lowest BCUT2D eigenvalue weighted by molar-refractivity contribution is -0.199. The highest BCUT2D eigenvalue weighted by Crippen LogP contribution is 2.42. The maximum atomic E-state index is 12.4. The molecule has 0 bridgehead atoms. The number of ether oxygens (including phenoxy) is 2. The largest absolute Gasteiger partial charge is 0.480 e. The molecule has 0 radical (unpaired) electrons. The van der Waals surface area contributed by atoms with Gasteiger partial charge in [0.1, 0.15) is 11.6 Å². The molecule has 2 aliphatic rings. The summed E-state index contributed by atoms with van der Waals surface area (Å²) in [7, 11) is 0. The molecule has 3 aromatic carbocycles. The lowest BCUT2D eigenvalue weighted by Gasteiger charge is -2.42. The summed E-state index contributed by atoms with van der Waals surface area (Å²) >= 11 is 0. The minimum atomic E-state index is -1.89. The Kier molecular flexibility index (Phi) is 10.2. The predicted octanol–water partition coefficient (Wildman–Crippen LogP) is 3.63. The van der Waals surface area contributed by atoms with Crippen molar-refractivity contribution in [3.63, 3.8) is 0 Å². The molecule has 2 saturated heterocycles. The molecule has 2 aliphatic heterocycles. The number of aliphatic hydroxyl groups is 2. The predicted molar refractivity (Wildman–Crippen MR) is 169 cm³/mol. The minimum absolute atomic E-state index is 0.0657. The molecule has 0 amide bonds. The van der Waals surface area contributed by atoms with Crippen molar-refractivity contribution < 1.29 is 39.2 Å². The van der Waals surface area contributed by atoms with Crippen LogP contribution in [-0.4, -0.2) is 70.1 Å². The summed E-state index contributed by atoms with van der Waals surface area (Å²) in [5.74, 6) is -3.02. The monoisotopic (exact) mass is 630 g/mol. The van der Waals surface area contributed by atoms with Crippen molar-refractivity contribution in [3.8, 4) is 0 Å². The maximum absolute atomic E-state index is 12.4. The molecule has 0 aromatic heterocycles. The Hall–Kier alpha value is -4.09. The number of nitrogens with two attached hydrogens (primary N) is 1. The van der Waals surface area contributed by atoms with Crippen LogP contribution in [0.3, 0.4) is 0 Å². The third kappa shape index (κ3) is 6.85. The molecule has 2 heterocycles. The van der Waals surface area contributed by atoms with Gasteiger partial charge in [-0.25, -0.2) is 0 Å². The van der Waals surface area contributed by atoms with Gasteiger partial charge in [-0.3, -0.25) is 14.4 Å². The summed E-state index contributed by atoms with van der Waals surface area (Å²) in [6, 6.07) is 24.8. The zero-order chi connectivity index (χ0) is 32.9. The number of esters is 2. The second-order valence-electron chi connectivity index (χ2n) is 12.5. The molecule has 3 aromatic rings. The molecule has 0 saturated carbocycles. The van der Waals surface area contributed by atoms with Crippen LogP contribution in [-0.2, 0) is 34.9 Å². The number of hydrogen-bond acceptors (Lipinski definition) is 9. The number of carboxylic acids is 1. The summed E-state index contributed by atoms with van der Waals surface area (Å²) in [5.41, 5.74) is 5.33. The van der Waals surface area contributed by atoms with Gasteiger partial charge in [-0.05, 0) is 80.4 Å². The van der Waals surface area contributed by atoms with Crippen LogP contribution in [0.5, 0.6) is 0 Å². The fourth-order valence-electron chi connectivity index (χ4n) is 6.57. The van der Waals surface area contributed by atoms with Crippen LogP contribution in [0.2, 0.25) is 0 Å². The van der Waals surface area contributed by atoms with Crippen LogP contribution >= 0.6 is 0 Å². The number of carbonyl (C=O) groups excluding carboxylic acids is 2. The van der Waals surface area contributed by atoms with Gasteiger partial charge in [0.15, 0.2) is 5.41 Å². The van der Waals surface area contributed by atoms with Crippen LogP contribution in [0.4, 0.5) is 0 Å². The molecule has 2 fully saturated rings. The van der Waals surface area contributed by atoms with Crippen molar-refractivity contribution in [3.05, 3.63) is 107 Å². The topological polar surface area (TPSA) is 160 Å². The number of piperidine rings is 1. The van der Waals surface area contributed by atoms with Crippen molar-refractivity contribution in [1.29, 1.82) is 0 Å². The Morgan fingerprint density at radius 2 is 1.48 bits per heavy atom. The lowest BCUT2D eigenvalue weighted by atomic mass is 9.72. The lowest BCUT2D eigenvalue weighted by Crippen LogP contribution is -2.48. The Labute approximate surface area is 268 Å². The highest BCUT2D eigenvalue weighted by molar-refractivity contribution is 5.87. The van der Waals surface area contributed by atoms with Crippen LogP contribution in [0.25, 0.3) is 0 Å². The molecule has 46 heavy (non-hydrogen) atoms. The standard InChI is InChI=1S/C36H42N2O8/c1-35(33(42)43,34-45-31(40)23-29(37)32(41)46-34)25-16-14-24(15-17-25)30(39)13-8-20-38-21-18-28(19-22-38)36(44,26-9-4-2-5-10-26)27-11-6-3-7-12-27/h2-7,9-12,14-17,28-30,34,39,44H,8,13,18-23,37H2,1H3,(H,42,43). The SMILES string of the molecule is CC(C(=O)O)(c1ccc(C(O)CCCN2CCC(C(O)(c3ccccc3)c3ccccc3)CC2)cc1)C1OC(=O)CC(N)C(=O)O1. The molecule has 10 nitrogen and oxygen atoms in total. The van der Waals surface area contributed by atoms with E-state index in [-0.39, 0.29) is 11.5 Å². The maximum Gasteiger partial charge on any atom is 0.326 e. The molecule has 0 aliphatic carbocycles. The average Bonchev–Trinajstić information content (AvgIpc) is 3.21. The molecule has 10 heteroatoms. The zero-order valence-corrected chi connectivity index (χ0v) is 26.0. The van der Waals surface area contributed by atoms with Crippen LogP contribution < -0.4 is 5.73 Å². The highest BCUT2D eigenvalue weighted by atomic mass is 16.7. The Balaban J connectivity index is 1.17. The van der Waals surface area contributed by atoms with E-state index in [2.05, 4.69) is 4.90 Å². The summed E-state index contributed by atoms with van der Waals surface area (Å²) in [6.07, 6.45) is 0.0522. The van der Waals surface area contributed by atoms with Gasteiger partial charge in [0.05, 0.1) is 12.5 Å². The smallest absolute Gasteiger partial charge is 0.326 e. The van der Waals surface area contributed by atoms with E-state index < -0.39 is 53.8 Å². The second kappa shape index (κ2) is 14.1. The van der Waals surface area contributed by atoms with Gasteiger partial charge in [0, 0.05) is 0 Å². The van der Waals surface area contributed by atoms with E-state index in [1.54, 1.807) is 12.1 Å². The number of carboxylic acid groups (broad SMARTS) is 1. The summed E-state index contributed by atoms with van der Waals surface area (Å²) in [4.78, 5) is 39.0. The van der Waals surface area contributed by atoms with Gasteiger partial charge in [0.25, 0.3) is 6.29 Å². The van der Waals surface area contributed by atoms with Crippen LogP contribution in [0, 0.1) is 5.92 Å². The first kappa shape index (κ1) is 33.3. The highest BCUT2D eigenvalue weighted by Gasteiger charge is 2.50. The number of rotatable bonds is 11. The van der Waals surface area contributed by atoms with Gasteiger partial charge in [-0.1, -0.05) is 84.9 Å². The van der Waals surface area contributed by atoms with E-state index in [1.165, 1.54) is 19.1 Å². The summed E-state index contributed by atoms with van der Waals surface area (Å²) < 4.78 is 10.4. The van der Waals surface area contributed by atoms with E-state index >= 15 is 0 Å². The number of aliphatic hydroxyl groups excluding tert-OH is 1. The third-order valence-electron chi connectivity index (χ3n) is 9.52. The van der Waals surface area contributed by atoms with Crippen molar-refractivity contribution in [1.82, 2.24) is 4.90 Å². The van der Waals surface area contributed by atoms with E-state index in [9.17, 15) is 29.7 Å². The van der Waals surface area contributed by atoms with Crippen molar-refractivity contribution in [2.75, 3.05) is 19.6 Å². The number of nitrogens with zero attached hydrogens (tertiary/aromatic N) is 1. The fraction of sp³-hybridized carbons (Fsp3) is 0.417. The number of likely N-dealkylation sites (tertiary alicyclic amines) is 1. The van der Waals surface area contributed by atoms with Crippen molar-refractivity contribution >= 4 is 17.9 Å². The molecule has 244 valence electrons. The molecule has 5 rings (SSSR count). The summed E-state index contributed by atoms with van der Waals surface area (Å²) in [6.45, 7) is 3.79. The van der Waals surface area contributed by atoms with Crippen molar-refractivity contribution in [2.24, 2.45) is 11.7 Å². The number of aliphatic carboxylic acids is 1. The van der Waals surface area contributed by atoms with Crippen molar-refractivity contribution in [2.45, 2.75) is 68.5 Å². The Morgan fingerprint density at radius 1 is 0.913 bits per heavy atom. The van der Waals surface area contributed by atoms with Gasteiger partial charge in [-0.15, -0.1) is 0 Å². The number of carbonyl (C=O) groups is 3. The van der Waals surface area contributed by atoms with Gasteiger partial charge >= 0.3 is 17.9 Å². The Bertz CT molecular complexity index is 1450. The zero-order valence-electron chi connectivity index (χ0n) is 26.0. The van der Waals surface area contributed by atoms with E-state index in [0.29, 0.717) is 12.0 Å². The van der Waals surface area contributed by atoms with E-state index in [0.717, 1.165) is 50.0 Å². The molecule has 5 N–H and O–H groups in total. The van der Waals surface area contributed by atoms with Crippen LogP contribution in [0.1, 0.15) is 67.4 Å². The van der Waals surface area contributed by atoms with Crippen LogP contribution in [0.15, 0.2) is 84.9 Å². The molecular weight excluding hydrogens is 588 g/mol. The first-order chi connectivity index (χ1) is 22.0. The average molecular weight is 631 g/mol. The molecular formula is C36H42N2O8. The third-order valence-corrected chi connectivity index (χ3v) is 9.52. The first-order valence-corrected chi connectivity index (χ1v) is 15.8. The molecule has 4 atom stereocenters. The fourth-order valence-corrected chi connectivity index (χ4v) is 6.57. The van der Waals surface area contributed by atoms with Gasteiger partial charge in [-0.2, -0.15) is 0 Å². The van der Waals surface area contributed by atoms with Gasteiger partial charge < -0.3 is 35.4 Å². The van der Waals surface area contributed by atoms with E-state index in [1.807, 2.05) is 60.7 Å².